The Morgan fingerprint density at radius 3 is 2.89 bits per heavy atom. The van der Waals surface area contributed by atoms with Gasteiger partial charge in [0.15, 0.2) is 5.58 Å². The molecule has 8 nitrogen and oxygen atoms in total. The van der Waals surface area contributed by atoms with Crippen LogP contribution in [0.5, 0.6) is 5.75 Å². The number of H-pyrrole nitrogens is 1. The summed E-state index contributed by atoms with van der Waals surface area (Å²) in [5, 5.41) is 6.31. The molecule has 4 rings (SSSR count). The minimum absolute atomic E-state index is 0.0511. The minimum Gasteiger partial charge on any atom is -0.497 e. The van der Waals surface area contributed by atoms with Gasteiger partial charge in [-0.1, -0.05) is 18.2 Å². The van der Waals surface area contributed by atoms with Crippen LogP contribution in [0.1, 0.15) is 17.2 Å². The molecule has 3 N–H and O–H groups in total. The third-order valence-corrected chi connectivity index (χ3v) is 4.93. The number of benzene rings is 2. The number of hydrogen-bond donors (Lipinski definition) is 3. The van der Waals surface area contributed by atoms with Gasteiger partial charge in [-0.05, 0) is 35.4 Å². The molecular weight excluding hydrogens is 360 g/mol. The smallest absolute Gasteiger partial charge is 0.417 e. The molecule has 1 fully saturated rings. The Hall–Kier alpha value is -3.26. The van der Waals surface area contributed by atoms with Crippen molar-refractivity contribution in [1.82, 2.24) is 20.5 Å². The second-order valence-corrected chi connectivity index (χ2v) is 6.69. The van der Waals surface area contributed by atoms with Gasteiger partial charge in [-0.3, -0.25) is 4.98 Å². The maximum Gasteiger partial charge on any atom is 0.417 e. The van der Waals surface area contributed by atoms with Gasteiger partial charge in [0.25, 0.3) is 0 Å². The van der Waals surface area contributed by atoms with Crippen LogP contribution in [-0.2, 0) is 6.54 Å². The number of oxazole rings is 1. The van der Waals surface area contributed by atoms with Gasteiger partial charge < -0.3 is 24.7 Å². The van der Waals surface area contributed by atoms with Crippen molar-refractivity contribution < 1.29 is 13.9 Å². The van der Waals surface area contributed by atoms with E-state index in [9.17, 15) is 9.59 Å². The van der Waals surface area contributed by atoms with E-state index in [0.717, 1.165) is 23.4 Å². The van der Waals surface area contributed by atoms with Crippen LogP contribution in [0, 0.1) is 0 Å². The van der Waals surface area contributed by atoms with Gasteiger partial charge >= 0.3 is 11.8 Å². The van der Waals surface area contributed by atoms with Crippen molar-refractivity contribution in [3.8, 4) is 5.75 Å². The molecule has 0 radical (unpaired) electrons. The summed E-state index contributed by atoms with van der Waals surface area (Å²) < 4.78 is 10.3. The predicted molar refractivity (Wildman–Crippen MR) is 104 cm³/mol. The Morgan fingerprint density at radius 1 is 1.29 bits per heavy atom. The summed E-state index contributed by atoms with van der Waals surface area (Å²) in [6.07, 6.45) is 0. The van der Waals surface area contributed by atoms with Crippen LogP contribution >= 0.6 is 0 Å². The first-order chi connectivity index (χ1) is 13.6. The first-order valence-corrected chi connectivity index (χ1v) is 9.15. The Balaban J connectivity index is 1.45. The molecule has 0 saturated carbocycles. The van der Waals surface area contributed by atoms with Crippen molar-refractivity contribution in [2.75, 3.05) is 26.7 Å². The summed E-state index contributed by atoms with van der Waals surface area (Å²) in [7, 11) is 1.63. The van der Waals surface area contributed by atoms with Crippen LogP contribution in [0.15, 0.2) is 51.7 Å². The van der Waals surface area contributed by atoms with Gasteiger partial charge in [0.05, 0.1) is 18.7 Å². The van der Waals surface area contributed by atoms with Crippen LogP contribution in [0.25, 0.3) is 11.1 Å². The first-order valence-electron chi connectivity index (χ1n) is 9.15. The summed E-state index contributed by atoms with van der Waals surface area (Å²) in [4.78, 5) is 28.5. The molecule has 8 heteroatoms. The van der Waals surface area contributed by atoms with E-state index in [1.807, 2.05) is 35.2 Å². The number of carbonyl (C=O) groups is 1. The van der Waals surface area contributed by atoms with Crippen LogP contribution in [0.3, 0.4) is 0 Å². The Bertz CT molecular complexity index is 1020. The van der Waals surface area contributed by atoms with Gasteiger partial charge in [-0.15, -0.1) is 0 Å². The fourth-order valence-corrected chi connectivity index (χ4v) is 3.45. The molecule has 146 valence electrons. The second kappa shape index (κ2) is 7.77. The molecule has 1 aliphatic heterocycles. The number of amides is 2. The van der Waals surface area contributed by atoms with Crippen LogP contribution in [0.2, 0.25) is 0 Å². The molecule has 1 unspecified atom stereocenters. The fraction of sp³-hybridized carbons (Fsp3) is 0.300. The lowest BCUT2D eigenvalue weighted by atomic mass is 10.0. The Morgan fingerprint density at radius 2 is 2.11 bits per heavy atom. The Labute approximate surface area is 161 Å². The highest BCUT2D eigenvalue weighted by Gasteiger charge is 2.27. The van der Waals surface area contributed by atoms with E-state index in [4.69, 9.17) is 9.15 Å². The van der Waals surface area contributed by atoms with Crippen molar-refractivity contribution in [1.29, 1.82) is 0 Å². The lowest BCUT2D eigenvalue weighted by Gasteiger charge is -2.36. The number of aromatic nitrogens is 1. The normalized spacial score (nSPS) is 16.9. The number of ether oxygens (including phenoxy) is 1. The van der Waals surface area contributed by atoms with Crippen LogP contribution < -0.4 is 21.1 Å². The molecule has 0 spiro atoms. The summed E-state index contributed by atoms with van der Waals surface area (Å²) in [5.74, 6) is 0.301. The zero-order chi connectivity index (χ0) is 19.5. The summed E-state index contributed by atoms with van der Waals surface area (Å²) in [6.45, 7) is 2.41. The standard InChI is InChI=1S/C20H22N4O4/c1-27-15-5-3-14(4-6-15)17-12-21-8-9-24(17)19(25)22-11-13-2-7-16-18(10-13)28-20(26)23-16/h2-7,10,17,21H,8-9,11-12H2,1H3,(H,22,25)(H,23,26). The number of piperazine rings is 1. The number of methoxy groups -OCH3 is 1. The van der Waals surface area contributed by atoms with Gasteiger partial charge in [-0.25, -0.2) is 9.59 Å². The average molecular weight is 382 g/mol. The predicted octanol–water partition coefficient (Wildman–Crippen LogP) is 1.99. The molecule has 2 amide bonds. The SMILES string of the molecule is COc1ccc(C2CNCCN2C(=O)NCc2ccc3[nH]c(=O)oc3c2)cc1. The van der Waals surface area contributed by atoms with Gasteiger partial charge in [-0.2, -0.15) is 0 Å². The number of carbonyl (C=O) groups excluding carboxylic acids is 1. The van der Waals surface area contributed by atoms with E-state index in [2.05, 4.69) is 15.6 Å². The number of aromatic amines is 1. The topological polar surface area (TPSA) is 99.6 Å². The van der Waals surface area contributed by atoms with Crippen LogP contribution in [0.4, 0.5) is 4.79 Å². The minimum atomic E-state index is -0.487. The molecule has 1 aliphatic rings. The molecule has 1 atom stereocenters. The van der Waals surface area contributed by atoms with Crippen molar-refractivity contribution in [2.45, 2.75) is 12.6 Å². The van der Waals surface area contributed by atoms with Crippen molar-refractivity contribution in [2.24, 2.45) is 0 Å². The average Bonchev–Trinajstić information content (AvgIpc) is 3.11. The van der Waals surface area contributed by atoms with Crippen LogP contribution in [-0.4, -0.2) is 42.7 Å². The van der Waals surface area contributed by atoms with Gasteiger partial charge in [0, 0.05) is 26.2 Å². The number of urea groups is 1. The summed E-state index contributed by atoms with van der Waals surface area (Å²) in [5.41, 5.74) is 3.04. The highest BCUT2D eigenvalue weighted by atomic mass is 16.5. The van der Waals surface area contributed by atoms with E-state index in [0.29, 0.717) is 30.7 Å². The van der Waals surface area contributed by atoms with Crippen molar-refractivity contribution in [3.63, 3.8) is 0 Å². The number of hydrogen-bond acceptors (Lipinski definition) is 5. The molecule has 0 aliphatic carbocycles. The first kappa shape index (κ1) is 18.1. The van der Waals surface area contributed by atoms with Gasteiger partial charge in [0.1, 0.15) is 5.75 Å². The maximum atomic E-state index is 12.8. The number of rotatable bonds is 4. The lowest BCUT2D eigenvalue weighted by Crippen LogP contribution is -2.51. The zero-order valence-corrected chi connectivity index (χ0v) is 15.5. The maximum absolute atomic E-state index is 12.8. The number of nitrogens with one attached hydrogen (secondary N) is 3. The molecular formula is C20H22N4O4. The largest absolute Gasteiger partial charge is 0.497 e. The number of fused-ring (bicyclic) bond motifs is 1. The lowest BCUT2D eigenvalue weighted by molar-refractivity contribution is 0.158. The molecule has 2 aromatic carbocycles. The fourth-order valence-electron chi connectivity index (χ4n) is 3.45. The van der Waals surface area contributed by atoms with Crippen molar-refractivity contribution in [3.05, 3.63) is 64.1 Å². The monoisotopic (exact) mass is 382 g/mol. The molecule has 1 aromatic heterocycles. The molecule has 3 aromatic rings. The highest BCUT2D eigenvalue weighted by molar-refractivity contribution is 5.76. The summed E-state index contributed by atoms with van der Waals surface area (Å²) in [6, 6.07) is 13.0. The third kappa shape index (κ3) is 3.72. The Kier molecular flexibility index (Phi) is 5.03. The zero-order valence-electron chi connectivity index (χ0n) is 15.5. The number of nitrogens with zero attached hydrogens (tertiary/aromatic N) is 1. The van der Waals surface area contributed by atoms with E-state index < -0.39 is 5.76 Å². The van der Waals surface area contributed by atoms with Gasteiger partial charge in [0.2, 0.25) is 0 Å². The third-order valence-electron chi connectivity index (χ3n) is 4.93. The van der Waals surface area contributed by atoms with Crippen molar-refractivity contribution >= 4 is 17.1 Å². The van der Waals surface area contributed by atoms with E-state index in [1.54, 1.807) is 19.2 Å². The molecule has 28 heavy (non-hydrogen) atoms. The van der Waals surface area contributed by atoms with E-state index in [-0.39, 0.29) is 12.1 Å². The molecule has 2 heterocycles. The summed E-state index contributed by atoms with van der Waals surface area (Å²) >= 11 is 0. The second-order valence-electron chi connectivity index (χ2n) is 6.69. The van der Waals surface area contributed by atoms with E-state index >= 15 is 0 Å². The molecule has 1 saturated heterocycles. The highest BCUT2D eigenvalue weighted by Crippen LogP contribution is 2.24. The quantitative estimate of drug-likeness (QED) is 0.641. The van der Waals surface area contributed by atoms with E-state index in [1.165, 1.54) is 0 Å². The molecule has 0 bridgehead atoms.